The molecule has 0 fully saturated rings. The molecule has 26 heavy (non-hydrogen) atoms. The minimum absolute atomic E-state index is 0.0323. The standard InChI is InChI=1S/C20H22N2O4/c1-20(2,3)14-5-7-15(8-6-14)22-19(24)18(23)21-11-13-4-9-16-17(10-13)26-12-25-16/h4-10H,11-12H2,1-3H3,(H,21,23)(H,22,24). The average Bonchev–Trinajstić information content (AvgIpc) is 3.07. The number of ether oxygens (including phenoxy) is 2. The summed E-state index contributed by atoms with van der Waals surface area (Å²) in [6.45, 7) is 6.77. The summed E-state index contributed by atoms with van der Waals surface area (Å²) >= 11 is 0. The van der Waals surface area contributed by atoms with E-state index in [-0.39, 0.29) is 18.8 Å². The monoisotopic (exact) mass is 354 g/mol. The molecular weight excluding hydrogens is 332 g/mol. The zero-order valence-electron chi connectivity index (χ0n) is 15.1. The second-order valence-corrected chi connectivity index (χ2v) is 7.15. The Morgan fingerprint density at radius 2 is 1.65 bits per heavy atom. The lowest BCUT2D eigenvalue weighted by molar-refractivity contribution is -0.136. The fourth-order valence-electron chi connectivity index (χ4n) is 2.55. The van der Waals surface area contributed by atoms with E-state index in [9.17, 15) is 9.59 Å². The zero-order chi connectivity index (χ0) is 18.7. The lowest BCUT2D eigenvalue weighted by atomic mass is 9.87. The largest absolute Gasteiger partial charge is 0.454 e. The Balaban J connectivity index is 1.54. The third-order valence-electron chi connectivity index (χ3n) is 4.11. The Morgan fingerprint density at radius 1 is 0.962 bits per heavy atom. The molecule has 1 aliphatic heterocycles. The van der Waals surface area contributed by atoms with Crippen molar-refractivity contribution < 1.29 is 19.1 Å². The van der Waals surface area contributed by atoms with E-state index in [0.717, 1.165) is 11.1 Å². The lowest BCUT2D eigenvalue weighted by Gasteiger charge is -2.19. The van der Waals surface area contributed by atoms with Crippen LogP contribution in [0.2, 0.25) is 0 Å². The predicted molar refractivity (Wildman–Crippen MR) is 98.2 cm³/mol. The van der Waals surface area contributed by atoms with E-state index >= 15 is 0 Å². The van der Waals surface area contributed by atoms with Crippen LogP contribution in [0.25, 0.3) is 0 Å². The second kappa shape index (κ2) is 7.07. The first kappa shape index (κ1) is 17.8. The summed E-state index contributed by atoms with van der Waals surface area (Å²) in [5, 5.41) is 5.20. The van der Waals surface area contributed by atoms with Gasteiger partial charge in [-0.05, 0) is 40.8 Å². The van der Waals surface area contributed by atoms with Gasteiger partial charge in [0.15, 0.2) is 11.5 Å². The molecule has 6 heteroatoms. The van der Waals surface area contributed by atoms with Gasteiger partial charge in [0.25, 0.3) is 0 Å². The molecule has 0 atom stereocenters. The first-order valence-corrected chi connectivity index (χ1v) is 8.41. The maximum atomic E-state index is 12.0. The first-order chi connectivity index (χ1) is 12.3. The lowest BCUT2D eigenvalue weighted by Crippen LogP contribution is -2.34. The number of hydrogen-bond acceptors (Lipinski definition) is 4. The maximum Gasteiger partial charge on any atom is 0.313 e. The van der Waals surface area contributed by atoms with Crippen molar-refractivity contribution in [3.05, 3.63) is 53.6 Å². The number of nitrogens with one attached hydrogen (secondary N) is 2. The molecule has 2 aromatic carbocycles. The highest BCUT2D eigenvalue weighted by molar-refractivity contribution is 6.39. The van der Waals surface area contributed by atoms with Crippen LogP contribution in [0, 0.1) is 0 Å². The topological polar surface area (TPSA) is 76.7 Å². The van der Waals surface area contributed by atoms with Gasteiger partial charge >= 0.3 is 11.8 Å². The van der Waals surface area contributed by atoms with E-state index in [4.69, 9.17) is 9.47 Å². The van der Waals surface area contributed by atoms with E-state index in [1.165, 1.54) is 0 Å². The van der Waals surface area contributed by atoms with Crippen LogP contribution in [0.4, 0.5) is 5.69 Å². The Morgan fingerprint density at radius 3 is 2.35 bits per heavy atom. The molecule has 0 bridgehead atoms. The van der Waals surface area contributed by atoms with Gasteiger partial charge in [-0.3, -0.25) is 9.59 Å². The molecular formula is C20H22N2O4. The van der Waals surface area contributed by atoms with Gasteiger partial charge in [-0.1, -0.05) is 39.0 Å². The summed E-state index contributed by atoms with van der Waals surface area (Å²) in [6, 6.07) is 12.9. The number of anilines is 1. The highest BCUT2D eigenvalue weighted by Gasteiger charge is 2.17. The van der Waals surface area contributed by atoms with E-state index < -0.39 is 11.8 Å². The summed E-state index contributed by atoms with van der Waals surface area (Å²) < 4.78 is 10.5. The summed E-state index contributed by atoms with van der Waals surface area (Å²) in [7, 11) is 0. The molecule has 0 saturated carbocycles. The van der Waals surface area contributed by atoms with Crippen molar-refractivity contribution >= 4 is 17.5 Å². The Hall–Kier alpha value is -3.02. The van der Waals surface area contributed by atoms with Crippen molar-refractivity contribution in [1.29, 1.82) is 0 Å². The molecule has 0 saturated heterocycles. The van der Waals surface area contributed by atoms with Gasteiger partial charge in [-0.15, -0.1) is 0 Å². The van der Waals surface area contributed by atoms with Gasteiger partial charge in [0.05, 0.1) is 0 Å². The van der Waals surface area contributed by atoms with Crippen molar-refractivity contribution in [2.24, 2.45) is 0 Å². The van der Waals surface area contributed by atoms with Gasteiger partial charge in [0.2, 0.25) is 6.79 Å². The van der Waals surface area contributed by atoms with Gasteiger partial charge in [0.1, 0.15) is 0 Å². The zero-order valence-corrected chi connectivity index (χ0v) is 15.1. The minimum atomic E-state index is -0.700. The summed E-state index contributed by atoms with van der Waals surface area (Å²) in [5.74, 6) is -0.0755. The molecule has 136 valence electrons. The Bertz CT molecular complexity index is 823. The molecule has 1 heterocycles. The molecule has 1 aliphatic rings. The summed E-state index contributed by atoms with van der Waals surface area (Å²) in [4.78, 5) is 24.0. The fraction of sp³-hybridized carbons (Fsp3) is 0.300. The molecule has 2 aromatic rings. The van der Waals surface area contributed by atoms with Crippen LogP contribution in [0.5, 0.6) is 11.5 Å². The molecule has 2 amide bonds. The van der Waals surface area contributed by atoms with Gasteiger partial charge < -0.3 is 20.1 Å². The van der Waals surface area contributed by atoms with Crippen LogP contribution in [0.3, 0.4) is 0 Å². The van der Waals surface area contributed by atoms with Gasteiger partial charge in [-0.25, -0.2) is 0 Å². The van der Waals surface area contributed by atoms with E-state index in [1.54, 1.807) is 24.3 Å². The SMILES string of the molecule is CC(C)(C)c1ccc(NC(=O)C(=O)NCc2ccc3c(c2)OCO3)cc1. The molecule has 3 rings (SSSR count). The highest BCUT2D eigenvalue weighted by Crippen LogP contribution is 2.32. The molecule has 0 spiro atoms. The van der Waals surface area contributed by atoms with E-state index in [2.05, 4.69) is 31.4 Å². The molecule has 0 radical (unpaired) electrons. The van der Waals surface area contributed by atoms with E-state index in [0.29, 0.717) is 17.2 Å². The third-order valence-corrected chi connectivity index (χ3v) is 4.11. The van der Waals surface area contributed by atoms with Crippen LogP contribution in [-0.2, 0) is 21.5 Å². The van der Waals surface area contributed by atoms with Gasteiger partial charge in [0, 0.05) is 12.2 Å². The van der Waals surface area contributed by atoms with E-state index in [1.807, 2.05) is 18.2 Å². The fourth-order valence-corrected chi connectivity index (χ4v) is 2.55. The smallest absolute Gasteiger partial charge is 0.313 e. The minimum Gasteiger partial charge on any atom is -0.454 e. The predicted octanol–water partition coefficient (Wildman–Crippen LogP) is 2.97. The van der Waals surface area contributed by atoms with Crippen LogP contribution < -0.4 is 20.1 Å². The average molecular weight is 354 g/mol. The maximum absolute atomic E-state index is 12.0. The van der Waals surface area contributed by atoms with Crippen LogP contribution >= 0.6 is 0 Å². The number of amides is 2. The number of fused-ring (bicyclic) bond motifs is 1. The summed E-state index contributed by atoms with van der Waals surface area (Å²) in [6.07, 6.45) is 0. The molecule has 6 nitrogen and oxygen atoms in total. The number of benzene rings is 2. The number of carbonyl (C=O) groups is 2. The molecule has 0 aliphatic carbocycles. The summed E-state index contributed by atoms with van der Waals surface area (Å²) in [5.41, 5.74) is 2.60. The second-order valence-electron chi connectivity index (χ2n) is 7.15. The van der Waals surface area contributed by atoms with Crippen molar-refractivity contribution in [1.82, 2.24) is 5.32 Å². The molecule has 2 N–H and O–H groups in total. The normalized spacial score (nSPS) is 12.6. The molecule has 0 unspecified atom stereocenters. The first-order valence-electron chi connectivity index (χ1n) is 8.41. The number of hydrogen-bond donors (Lipinski definition) is 2. The Labute approximate surface area is 152 Å². The number of rotatable bonds is 3. The number of carbonyl (C=O) groups excluding carboxylic acids is 2. The van der Waals surface area contributed by atoms with Gasteiger partial charge in [-0.2, -0.15) is 0 Å². The highest BCUT2D eigenvalue weighted by atomic mass is 16.7. The van der Waals surface area contributed by atoms with Crippen molar-refractivity contribution in [3.8, 4) is 11.5 Å². The van der Waals surface area contributed by atoms with Crippen molar-refractivity contribution in [2.75, 3.05) is 12.1 Å². The Kier molecular flexibility index (Phi) is 4.84. The van der Waals surface area contributed by atoms with Crippen LogP contribution in [0.1, 0.15) is 31.9 Å². The van der Waals surface area contributed by atoms with Crippen LogP contribution in [-0.4, -0.2) is 18.6 Å². The van der Waals surface area contributed by atoms with Crippen molar-refractivity contribution in [3.63, 3.8) is 0 Å². The third kappa shape index (κ3) is 4.14. The molecule has 0 aromatic heterocycles. The quantitative estimate of drug-likeness (QED) is 0.831. The van der Waals surface area contributed by atoms with Crippen LogP contribution in [0.15, 0.2) is 42.5 Å². The van der Waals surface area contributed by atoms with Crippen molar-refractivity contribution in [2.45, 2.75) is 32.7 Å².